The van der Waals surface area contributed by atoms with E-state index in [0.29, 0.717) is 36.0 Å². The molecule has 0 aliphatic carbocycles. The van der Waals surface area contributed by atoms with Gasteiger partial charge in [0.05, 0.1) is 25.4 Å². The van der Waals surface area contributed by atoms with Crippen LogP contribution in [0, 0.1) is 19.8 Å². The molecule has 42 heavy (non-hydrogen) atoms. The highest BCUT2D eigenvalue weighted by molar-refractivity contribution is 6.10. The van der Waals surface area contributed by atoms with Crippen molar-refractivity contribution in [3.05, 3.63) is 71.2 Å². The fourth-order valence-electron chi connectivity index (χ4n) is 5.74. The number of fused-ring (bicyclic) bond motifs is 5. The third-order valence-corrected chi connectivity index (χ3v) is 8.29. The number of nitrogens with zero attached hydrogens (tertiary/aromatic N) is 4. The van der Waals surface area contributed by atoms with Gasteiger partial charge in [-0.05, 0) is 38.0 Å². The van der Waals surface area contributed by atoms with Gasteiger partial charge in [-0.2, -0.15) is 0 Å². The van der Waals surface area contributed by atoms with Gasteiger partial charge in [-0.25, -0.2) is 4.79 Å². The molecule has 0 spiro atoms. The molecular formula is C32H39N5O5. The standard InChI is InChI=1S/C32H39N5O5/c1-19-15-37(20(2)17-38)31(39)30-28(25-13-9-10-14-26(25)36(30)6)24-12-8-7-11-23(24)18-41-27(19)16-35(5)32(40)33-29-21(3)34-42-22(29)4/h7-14,19-20,27,38H,15-18H2,1-6H3,(H,33,40)/t19-,20+,27-/m1/s1. The van der Waals surface area contributed by atoms with Crippen LogP contribution in [0.3, 0.4) is 0 Å². The molecule has 1 aliphatic rings. The predicted molar refractivity (Wildman–Crippen MR) is 161 cm³/mol. The Kier molecular flexibility index (Phi) is 8.38. The summed E-state index contributed by atoms with van der Waals surface area (Å²) in [6.07, 6.45) is -0.405. The van der Waals surface area contributed by atoms with Gasteiger partial charge in [-0.15, -0.1) is 0 Å². The van der Waals surface area contributed by atoms with Gasteiger partial charge in [0.2, 0.25) is 0 Å². The van der Waals surface area contributed by atoms with Crippen LogP contribution in [0.4, 0.5) is 10.5 Å². The minimum Gasteiger partial charge on any atom is -0.394 e. The number of anilines is 1. The number of aryl methyl sites for hydroxylation is 3. The van der Waals surface area contributed by atoms with Crippen LogP contribution in [-0.2, 0) is 18.4 Å². The molecule has 2 aromatic carbocycles. The highest BCUT2D eigenvalue weighted by Crippen LogP contribution is 2.38. The topological polar surface area (TPSA) is 113 Å². The van der Waals surface area contributed by atoms with Gasteiger partial charge in [0.1, 0.15) is 17.1 Å². The van der Waals surface area contributed by atoms with E-state index in [9.17, 15) is 14.7 Å². The summed E-state index contributed by atoms with van der Waals surface area (Å²) in [5, 5.41) is 18.0. The molecule has 0 saturated heterocycles. The molecule has 0 saturated carbocycles. The minimum atomic E-state index is -0.428. The Labute approximate surface area is 245 Å². The summed E-state index contributed by atoms with van der Waals surface area (Å²) in [4.78, 5) is 30.9. The van der Waals surface area contributed by atoms with Crippen molar-refractivity contribution in [3.63, 3.8) is 0 Å². The number of rotatable bonds is 5. The zero-order chi connectivity index (χ0) is 30.1. The lowest BCUT2D eigenvalue weighted by Crippen LogP contribution is -2.48. The number of aromatic nitrogens is 2. The predicted octanol–water partition coefficient (Wildman–Crippen LogP) is 4.97. The Morgan fingerprint density at radius 1 is 1.19 bits per heavy atom. The molecule has 10 heteroatoms. The van der Waals surface area contributed by atoms with E-state index < -0.39 is 12.1 Å². The molecule has 3 atom stereocenters. The number of aliphatic hydroxyl groups is 1. The van der Waals surface area contributed by atoms with Gasteiger partial charge in [-0.1, -0.05) is 54.5 Å². The second-order valence-electron chi connectivity index (χ2n) is 11.3. The number of hydrogen-bond acceptors (Lipinski definition) is 6. The highest BCUT2D eigenvalue weighted by Gasteiger charge is 2.34. The summed E-state index contributed by atoms with van der Waals surface area (Å²) >= 11 is 0. The average Bonchev–Trinajstić information content (AvgIpc) is 3.47. The third kappa shape index (κ3) is 5.39. The van der Waals surface area contributed by atoms with Crippen molar-refractivity contribution in [2.75, 3.05) is 32.1 Å². The number of likely N-dealkylation sites (N-methyl/N-ethyl adjacent to an activating group) is 1. The van der Waals surface area contributed by atoms with E-state index in [1.54, 1.807) is 30.7 Å². The van der Waals surface area contributed by atoms with Crippen molar-refractivity contribution < 1.29 is 24.0 Å². The van der Waals surface area contributed by atoms with E-state index in [4.69, 9.17) is 9.26 Å². The number of ether oxygens (including phenoxy) is 1. The van der Waals surface area contributed by atoms with Crippen molar-refractivity contribution in [2.24, 2.45) is 13.0 Å². The van der Waals surface area contributed by atoms with Crippen molar-refractivity contribution in [1.82, 2.24) is 19.5 Å². The van der Waals surface area contributed by atoms with Crippen LogP contribution in [0.15, 0.2) is 53.1 Å². The molecule has 5 rings (SSSR count). The van der Waals surface area contributed by atoms with Crippen LogP contribution in [0.5, 0.6) is 0 Å². The first-order valence-electron chi connectivity index (χ1n) is 14.3. The second-order valence-corrected chi connectivity index (χ2v) is 11.3. The zero-order valence-electron chi connectivity index (χ0n) is 25.0. The number of nitrogens with one attached hydrogen (secondary N) is 1. The molecule has 0 fully saturated rings. The first-order valence-corrected chi connectivity index (χ1v) is 14.3. The Balaban J connectivity index is 1.54. The van der Waals surface area contributed by atoms with Crippen molar-refractivity contribution >= 4 is 28.5 Å². The molecule has 3 amide bonds. The quantitative estimate of drug-likeness (QED) is 0.349. The maximum Gasteiger partial charge on any atom is 0.321 e. The summed E-state index contributed by atoms with van der Waals surface area (Å²) in [6, 6.07) is 15.2. The van der Waals surface area contributed by atoms with E-state index in [1.807, 2.05) is 74.0 Å². The monoisotopic (exact) mass is 573 g/mol. The summed E-state index contributed by atoms with van der Waals surface area (Å²) in [5.74, 6) is 0.211. The van der Waals surface area contributed by atoms with Crippen molar-refractivity contribution in [1.29, 1.82) is 0 Å². The van der Waals surface area contributed by atoms with E-state index in [-0.39, 0.29) is 31.0 Å². The maximum atomic E-state index is 14.5. The lowest BCUT2D eigenvalue weighted by Gasteiger charge is -2.35. The largest absolute Gasteiger partial charge is 0.394 e. The molecule has 3 heterocycles. The molecule has 222 valence electrons. The normalized spacial score (nSPS) is 18.3. The number of benzene rings is 2. The van der Waals surface area contributed by atoms with Crippen LogP contribution in [0.1, 0.15) is 41.4 Å². The molecule has 0 bridgehead atoms. The number of hydrogen-bond donors (Lipinski definition) is 2. The summed E-state index contributed by atoms with van der Waals surface area (Å²) in [7, 11) is 3.63. The second kappa shape index (κ2) is 12.0. The van der Waals surface area contributed by atoms with Gasteiger partial charge < -0.3 is 34.1 Å². The van der Waals surface area contributed by atoms with Gasteiger partial charge in [0.25, 0.3) is 5.91 Å². The van der Waals surface area contributed by atoms with E-state index >= 15 is 0 Å². The molecule has 2 N–H and O–H groups in total. The van der Waals surface area contributed by atoms with Gasteiger partial charge in [0.15, 0.2) is 5.76 Å². The van der Waals surface area contributed by atoms with Gasteiger partial charge >= 0.3 is 6.03 Å². The number of para-hydroxylation sites is 1. The average molecular weight is 574 g/mol. The molecule has 0 radical (unpaired) electrons. The van der Waals surface area contributed by atoms with Crippen LogP contribution in [0.25, 0.3) is 22.0 Å². The number of urea groups is 1. The molecule has 0 unspecified atom stereocenters. The van der Waals surface area contributed by atoms with Gasteiger partial charge in [-0.3, -0.25) is 4.79 Å². The minimum absolute atomic E-state index is 0.156. The number of carbonyl (C=O) groups excluding carboxylic acids is 2. The van der Waals surface area contributed by atoms with E-state index in [2.05, 4.69) is 10.5 Å². The van der Waals surface area contributed by atoms with Crippen molar-refractivity contribution in [2.45, 2.75) is 46.4 Å². The fraction of sp³-hybridized carbons (Fsp3) is 0.406. The first-order chi connectivity index (χ1) is 20.1. The maximum absolute atomic E-state index is 14.5. The van der Waals surface area contributed by atoms with E-state index in [1.165, 1.54) is 0 Å². The summed E-state index contributed by atoms with van der Waals surface area (Å²) in [5.41, 5.74) is 5.41. The fourth-order valence-corrected chi connectivity index (χ4v) is 5.74. The smallest absolute Gasteiger partial charge is 0.321 e. The molecule has 1 aliphatic heterocycles. The molecular weight excluding hydrogens is 534 g/mol. The van der Waals surface area contributed by atoms with Crippen LogP contribution >= 0.6 is 0 Å². The molecule has 2 aromatic heterocycles. The number of amides is 3. The number of carbonyl (C=O) groups is 2. The van der Waals surface area contributed by atoms with Crippen LogP contribution < -0.4 is 5.32 Å². The third-order valence-electron chi connectivity index (χ3n) is 8.29. The lowest BCUT2D eigenvalue weighted by molar-refractivity contribution is -0.0179. The van der Waals surface area contributed by atoms with E-state index in [0.717, 1.165) is 27.6 Å². The summed E-state index contributed by atoms with van der Waals surface area (Å²) < 4.78 is 13.7. The van der Waals surface area contributed by atoms with Crippen LogP contribution in [-0.4, -0.2) is 75.5 Å². The number of aliphatic hydroxyl groups excluding tert-OH is 1. The Morgan fingerprint density at radius 3 is 2.62 bits per heavy atom. The Bertz CT molecular complexity index is 1590. The summed E-state index contributed by atoms with van der Waals surface area (Å²) in [6.45, 7) is 8.12. The highest BCUT2D eigenvalue weighted by atomic mass is 16.5. The first kappa shape index (κ1) is 29.3. The van der Waals surface area contributed by atoms with Crippen molar-refractivity contribution in [3.8, 4) is 11.1 Å². The Morgan fingerprint density at radius 2 is 1.90 bits per heavy atom. The Hall–Kier alpha value is -4.15. The zero-order valence-corrected chi connectivity index (χ0v) is 25.0. The van der Waals surface area contributed by atoms with Crippen LogP contribution in [0.2, 0.25) is 0 Å². The molecule has 10 nitrogen and oxygen atoms in total. The SMILES string of the molecule is Cc1noc(C)c1NC(=O)N(C)C[C@H]1OCc2ccccc2-c2c(n(C)c3ccccc23)C(=O)N([C@@H](C)CO)C[C@H]1C. The molecule has 4 aromatic rings. The lowest BCUT2D eigenvalue weighted by atomic mass is 9.96. The van der Waals surface area contributed by atoms with Gasteiger partial charge in [0, 0.05) is 49.6 Å².